The van der Waals surface area contributed by atoms with E-state index in [0.29, 0.717) is 11.4 Å². The molecule has 2 heterocycles. The molecule has 0 saturated carbocycles. The summed E-state index contributed by atoms with van der Waals surface area (Å²) in [6, 6.07) is 19.6. The van der Waals surface area contributed by atoms with Gasteiger partial charge in [0.25, 0.3) is 5.91 Å². The first-order valence-corrected chi connectivity index (χ1v) is 9.15. The van der Waals surface area contributed by atoms with E-state index in [-0.39, 0.29) is 5.91 Å². The number of thiophene rings is 1. The molecular formula is C21H17N3OS. The number of hydrogen-bond donors (Lipinski definition) is 2. The van der Waals surface area contributed by atoms with Crippen molar-refractivity contribution < 1.29 is 4.79 Å². The zero-order valence-corrected chi connectivity index (χ0v) is 15.0. The number of fused-ring (bicyclic) bond motifs is 1. The second kappa shape index (κ2) is 6.98. The number of aromatic nitrogens is 1. The number of aryl methyl sites for hydroxylation is 1. The fourth-order valence-electron chi connectivity index (χ4n) is 2.79. The highest BCUT2D eigenvalue weighted by Crippen LogP contribution is 2.28. The van der Waals surface area contributed by atoms with Gasteiger partial charge in [-0.2, -0.15) is 0 Å². The van der Waals surface area contributed by atoms with Crippen molar-refractivity contribution >= 4 is 44.5 Å². The summed E-state index contributed by atoms with van der Waals surface area (Å²) in [5.74, 6) is 0.352. The summed E-state index contributed by atoms with van der Waals surface area (Å²) in [5.41, 5.74) is 3.53. The molecule has 0 fully saturated rings. The van der Waals surface area contributed by atoms with E-state index in [1.165, 1.54) is 0 Å². The molecule has 0 bridgehead atoms. The Kier molecular flexibility index (Phi) is 4.37. The van der Waals surface area contributed by atoms with E-state index >= 15 is 0 Å². The second-order valence-corrected chi connectivity index (χ2v) is 6.85. The number of nitrogens with zero attached hydrogens (tertiary/aromatic N) is 1. The van der Waals surface area contributed by atoms with Gasteiger partial charge in [-0.3, -0.25) is 4.79 Å². The van der Waals surface area contributed by atoms with Gasteiger partial charge in [0.1, 0.15) is 0 Å². The van der Waals surface area contributed by atoms with Crippen LogP contribution in [0.15, 0.2) is 72.2 Å². The molecule has 0 spiro atoms. The summed E-state index contributed by atoms with van der Waals surface area (Å²) in [5, 5.41) is 9.14. The van der Waals surface area contributed by atoms with Crippen LogP contribution in [-0.4, -0.2) is 10.9 Å². The number of carbonyl (C=O) groups is 1. The molecule has 0 radical (unpaired) electrons. The molecule has 128 valence electrons. The fourth-order valence-corrected chi connectivity index (χ4v) is 3.73. The van der Waals surface area contributed by atoms with Crippen LogP contribution in [0.5, 0.6) is 0 Å². The largest absolute Gasteiger partial charge is 0.352 e. The minimum atomic E-state index is -0.158. The van der Waals surface area contributed by atoms with Crippen LogP contribution in [0, 0.1) is 6.92 Å². The Hall–Kier alpha value is -3.18. The fraction of sp³-hybridized carbons (Fsp3) is 0.0476. The van der Waals surface area contributed by atoms with Crippen molar-refractivity contribution in [3.63, 3.8) is 0 Å². The molecule has 4 aromatic rings. The Labute approximate surface area is 155 Å². The van der Waals surface area contributed by atoms with Crippen LogP contribution in [0.3, 0.4) is 0 Å². The lowest BCUT2D eigenvalue weighted by Crippen LogP contribution is -2.13. The highest BCUT2D eigenvalue weighted by atomic mass is 32.1. The van der Waals surface area contributed by atoms with Crippen LogP contribution >= 0.6 is 11.3 Å². The van der Waals surface area contributed by atoms with Crippen LogP contribution in [0.4, 0.5) is 17.2 Å². The molecule has 2 aromatic heterocycles. The number of pyridine rings is 1. The molecule has 0 atom stereocenters. The number of hydrogen-bond acceptors (Lipinski definition) is 4. The van der Waals surface area contributed by atoms with Gasteiger partial charge in [0.05, 0.1) is 11.3 Å². The summed E-state index contributed by atoms with van der Waals surface area (Å²) in [7, 11) is 0. The standard InChI is InChI=1S/C21H17N3OS/c1-14-7-2-4-9-17(14)23-18-10-6-12-22-20(18)24-21(25)16-13-26-19-11-5-3-8-15(16)19/h2-13,23H,1H3,(H,22,24,25). The summed E-state index contributed by atoms with van der Waals surface area (Å²) in [4.78, 5) is 17.1. The number of rotatable bonds is 4. The number of para-hydroxylation sites is 1. The van der Waals surface area contributed by atoms with E-state index in [1.54, 1.807) is 17.5 Å². The maximum absolute atomic E-state index is 12.8. The highest BCUT2D eigenvalue weighted by molar-refractivity contribution is 7.17. The third-order valence-electron chi connectivity index (χ3n) is 4.18. The summed E-state index contributed by atoms with van der Waals surface area (Å²) >= 11 is 1.56. The monoisotopic (exact) mass is 359 g/mol. The molecular weight excluding hydrogens is 342 g/mol. The van der Waals surface area contributed by atoms with Gasteiger partial charge >= 0.3 is 0 Å². The van der Waals surface area contributed by atoms with Crippen LogP contribution < -0.4 is 10.6 Å². The van der Waals surface area contributed by atoms with E-state index in [9.17, 15) is 4.79 Å². The van der Waals surface area contributed by atoms with Crippen LogP contribution in [0.1, 0.15) is 15.9 Å². The average molecular weight is 359 g/mol. The molecule has 4 rings (SSSR count). The van der Waals surface area contributed by atoms with E-state index in [0.717, 1.165) is 27.0 Å². The maximum atomic E-state index is 12.8. The van der Waals surface area contributed by atoms with Gasteiger partial charge in [-0.05, 0) is 36.8 Å². The molecule has 2 aromatic carbocycles. The van der Waals surface area contributed by atoms with Gasteiger partial charge in [-0.15, -0.1) is 11.3 Å². The van der Waals surface area contributed by atoms with Crippen molar-refractivity contribution in [1.29, 1.82) is 0 Å². The third kappa shape index (κ3) is 3.17. The topological polar surface area (TPSA) is 54.0 Å². The predicted octanol–water partition coefficient (Wildman–Crippen LogP) is 5.60. The molecule has 5 heteroatoms. The zero-order chi connectivity index (χ0) is 17.9. The number of anilines is 3. The van der Waals surface area contributed by atoms with E-state index < -0.39 is 0 Å². The minimum absolute atomic E-state index is 0.158. The van der Waals surface area contributed by atoms with Crippen molar-refractivity contribution in [3.8, 4) is 0 Å². The highest BCUT2D eigenvalue weighted by Gasteiger charge is 2.14. The first kappa shape index (κ1) is 16.3. The lowest BCUT2D eigenvalue weighted by atomic mass is 10.1. The van der Waals surface area contributed by atoms with Crippen molar-refractivity contribution in [1.82, 2.24) is 4.98 Å². The number of amides is 1. The van der Waals surface area contributed by atoms with Gasteiger partial charge in [-0.25, -0.2) is 4.98 Å². The van der Waals surface area contributed by atoms with Crippen LogP contribution in [0.25, 0.3) is 10.1 Å². The van der Waals surface area contributed by atoms with Gasteiger partial charge in [0.2, 0.25) is 0 Å². The quantitative estimate of drug-likeness (QED) is 0.498. The minimum Gasteiger partial charge on any atom is -0.352 e. The van der Waals surface area contributed by atoms with Gasteiger partial charge in [-0.1, -0.05) is 36.4 Å². The molecule has 2 N–H and O–H groups in total. The maximum Gasteiger partial charge on any atom is 0.258 e. The number of benzene rings is 2. The van der Waals surface area contributed by atoms with E-state index in [4.69, 9.17) is 0 Å². The van der Waals surface area contributed by atoms with E-state index in [2.05, 4.69) is 15.6 Å². The van der Waals surface area contributed by atoms with Gasteiger partial charge < -0.3 is 10.6 Å². The Balaban J connectivity index is 1.63. The average Bonchev–Trinajstić information content (AvgIpc) is 3.09. The normalized spacial score (nSPS) is 10.7. The van der Waals surface area contributed by atoms with E-state index in [1.807, 2.05) is 73.0 Å². The summed E-state index contributed by atoms with van der Waals surface area (Å²) in [6.45, 7) is 2.04. The molecule has 1 amide bonds. The molecule has 4 nitrogen and oxygen atoms in total. The van der Waals surface area contributed by atoms with Crippen molar-refractivity contribution in [2.24, 2.45) is 0 Å². The van der Waals surface area contributed by atoms with Gasteiger partial charge in [0.15, 0.2) is 5.82 Å². The summed E-state index contributed by atoms with van der Waals surface area (Å²) < 4.78 is 1.09. The lowest BCUT2D eigenvalue weighted by Gasteiger charge is -2.13. The first-order valence-electron chi connectivity index (χ1n) is 8.27. The SMILES string of the molecule is Cc1ccccc1Nc1cccnc1NC(=O)c1csc2ccccc12. The van der Waals surface area contributed by atoms with Gasteiger partial charge in [0, 0.05) is 27.4 Å². The van der Waals surface area contributed by atoms with Crippen molar-refractivity contribution in [2.45, 2.75) is 6.92 Å². The Morgan fingerprint density at radius 1 is 0.962 bits per heavy atom. The Morgan fingerprint density at radius 3 is 2.62 bits per heavy atom. The predicted molar refractivity (Wildman–Crippen MR) is 108 cm³/mol. The first-order chi connectivity index (χ1) is 12.7. The van der Waals surface area contributed by atoms with Crippen molar-refractivity contribution in [2.75, 3.05) is 10.6 Å². The number of carbonyl (C=O) groups excluding carboxylic acids is 1. The van der Waals surface area contributed by atoms with Crippen molar-refractivity contribution in [3.05, 3.63) is 83.4 Å². The molecule has 0 unspecified atom stereocenters. The third-order valence-corrected chi connectivity index (χ3v) is 5.14. The molecule has 0 aliphatic carbocycles. The Morgan fingerprint density at radius 2 is 1.73 bits per heavy atom. The number of nitrogens with one attached hydrogen (secondary N) is 2. The summed E-state index contributed by atoms with van der Waals surface area (Å²) in [6.07, 6.45) is 1.67. The molecule has 26 heavy (non-hydrogen) atoms. The Bertz CT molecular complexity index is 1090. The zero-order valence-electron chi connectivity index (χ0n) is 14.2. The second-order valence-electron chi connectivity index (χ2n) is 5.94. The molecule has 0 aliphatic heterocycles. The van der Waals surface area contributed by atoms with Crippen LogP contribution in [-0.2, 0) is 0 Å². The molecule has 0 aliphatic rings. The van der Waals surface area contributed by atoms with Crippen LogP contribution in [0.2, 0.25) is 0 Å². The lowest BCUT2D eigenvalue weighted by molar-refractivity contribution is 0.102. The smallest absolute Gasteiger partial charge is 0.258 e. The molecule has 0 saturated heterocycles.